The van der Waals surface area contributed by atoms with Crippen LogP contribution >= 0.6 is 11.6 Å². The van der Waals surface area contributed by atoms with Gasteiger partial charge in [-0.2, -0.15) is 0 Å². The molecule has 0 fully saturated rings. The van der Waals surface area contributed by atoms with Crippen molar-refractivity contribution < 1.29 is 0 Å². The number of hydrogen-bond donors (Lipinski definition) is 2. The van der Waals surface area contributed by atoms with Gasteiger partial charge in [0.15, 0.2) is 0 Å². The largest absolute Gasteiger partial charge is 0.271 e. The van der Waals surface area contributed by atoms with E-state index in [0.29, 0.717) is 0 Å². The van der Waals surface area contributed by atoms with Crippen LogP contribution in [0.2, 0.25) is 5.02 Å². The molecule has 1 unspecified atom stereocenters. The summed E-state index contributed by atoms with van der Waals surface area (Å²) in [6, 6.07) is 8.06. The summed E-state index contributed by atoms with van der Waals surface area (Å²) in [5.41, 5.74) is 5.55. The Bertz CT molecular complexity index is 397. The predicted octanol–water partition coefficient (Wildman–Crippen LogP) is 4.13. The molecule has 2 rings (SSSR count). The van der Waals surface area contributed by atoms with Gasteiger partial charge in [-0.15, -0.1) is 0 Å². The van der Waals surface area contributed by atoms with Gasteiger partial charge in [0.05, 0.1) is 6.04 Å². The van der Waals surface area contributed by atoms with Gasteiger partial charge in [0.2, 0.25) is 0 Å². The molecule has 3 N–H and O–H groups in total. The van der Waals surface area contributed by atoms with E-state index in [-0.39, 0.29) is 6.04 Å². The molecule has 0 saturated carbocycles. The van der Waals surface area contributed by atoms with E-state index >= 15 is 0 Å². The first-order chi connectivity index (χ1) is 8.81. The van der Waals surface area contributed by atoms with E-state index in [4.69, 9.17) is 17.4 Å². The monoisotopic (exact) mass is 264 g/mol. The van der Waals surface area contributed by atoms with Crippen molar-refractivity contribution in [2.24, 2.45) is 5.84 Å². The van der Waals surface area contributed by atoms with Gasteiger partial charge in [-0.25, -0.2) is 5.43 Å². The Morgan fingerprint density at radius 2 is 1.78 bits per heavy atom. The topological polar surface area (TPSA) is 38.0 Å². The third-order valence-corrected chi connectivity index (χ3v) is 3.82. The molecule has 1 aliphatic carbocycles. The smallest absolute Gasteiger partial charge is 0.0670 e. The van der Waals surface area contributed by atoms with Crippen molar-refractivity contribution in [3.05, 3.63) is 46.5 Å². The molecule has 0 radical (unpaired) electrons. The summed E-state index contributed by atoms with van der Waals surface area (Å²) in [7, 11) is 0. The van der Waals surface area contributed by atoms with Crippen molar-refractivity contribution in [2.75, 3.05) is 0 Å². The third kappa shape index (κ3) is 3.58. The van der Waals surface area contributed by atoms with E-state index < -0.39 is 0 Å². The molecule has 0 saturated heterocycles. The first-order valence-electron chi connectivity index (χ1n) is 6.72. The Morgan fingerprint density at radius 1 is 1.06 bits per heavy atom. The Labute approximate surface area is 114 Å². The van der Waals surface area contributed by atoms with Crippen LogP contribution in [0.5, 0.6) is 0 Å². The van der Waals surface area contributed by atoms with Gasteiger partial charge in [-0.05, 0) is 43.4 Å². The van der Waals surface area contributed by atoms with Crippen molar-refractivity contribution in [1.29, 1.82) is 0 Å². The van der Waals surface area contributed by atoms with Gasteiger partial charge in [0.1, 0.15) is 0 Å². The molecule has 1 aromatic rings. The normalized spacial score (nSPS) is 21.6. The Hall–Kier alpha value is -0.830. The average molecular weight is 265 g/mol. The van der Waals surface area contributed by atoms with Crippen LogP contribution in [0.4, 0.5) is 0 Å². The Balaban J connectivity index is 2.18. The molecule has 1 aromatic carbocycles. The lowest BCUT2D eigenvalue weighted by atomic mass is 9.91. The molecule has 2 nitrogen and oxygen atoms in total. The minimum atomic E-state index is 0.125. The highest BCUT2D eigenvalue weighted by Gasteiger charge is 2.15. The fraction of sp³-hybridized carbons (Fsp3) is 0.467. The van der Waals surface area contributed by atoms with Crippen LogP contribution in [-0.4, -0.2) is 0 Å². The van der Waals surface area contributed by atoms with Crippen molar-refractivity contribution in [3.63, 3.8) is 0 Å². The molecule has 18 heavy (non-hydrogen) atoms. The molecule has 0 aromatic heterocycles. The SMILES string of the molecule is NNC(/C1=C/CCCCCC1)c1ccc(Cl)cc1. The zero-order chi connectivity index (χ0) is 12.8. The molecule has 0 amide bonds. The molecule has 1 aliphatic rings. The molecule has 0 aliphatic heterocycles. The molecule has 98 valence electrons. The van der Waals surface area contributed by atoms with Crippen LogP contribution in [0.3, 0.4) is 0 Å². The summed E-state index contributed by atoms with van der Waals surface area (Å²) in [6.45, 7) is 0. The Kier molecular flexibility index (Phi) is 5.24. The highest BCUT2D eigenvalue weighted by molar-refractivity contribution is 6.30. The van der Waals surface area contributed by atoms with E-state index in [2.05, 4.69) is 11.5 Å². The number of nitrogens with two attached hydrogens (primary N) is 1. The quantitative estimate of drug-likeness (QED) is 0.490. The second-order valence-corrected chi connectivity index (χ2v) is 5.32. The number of hydrazine groups is 1. The van der Waals surface area contributed by atoms with Crippen molar-refractivity contribution in [3.8, 4) is 0 Å². The molecule has 0 heterocycles. The number of halogens is 1. The summed E-state index contributed by atoms with van der Waals surface area (Å²) in [5, 5.41) is 0.765. The predicted molar refractivity (Wildman–Crippen MR) is 77.3 cm³/mol. The van der Waals surface area contributed by atoms with Crippen LogP contribution in [0, 0.1) is 0 Å². The van der Waals surface area contributed by atoms with Gasteiger partial charge >= 0.3 is 0 Å². The maximum Gasteiger partial charge on any atom is 0.0670 e. The van der Waals surface area contributed by atoms with Crippen LogP contribution in [0.25, 0.3) is 0 Å². The van der Waals surface area contributed by atoms with Gasteiger partial charge < -0.3 is 0 Å². The summed E-state index contributed by atoms with van der Waals surface area (Å²) >= 11 is 5.93. The number of benzene rings is 1. The van der Waals surface area contributed by atoms with Gasteiger partial charge in [0.25, 0.3) is 0 Å². The summed E-state index contributed by atoms with van der Waals surface area (Å²) in [6.07, 6.45) is 9.90. The zero-order valence-corrected chi connectivity index (χ0v) is 11.4. The van der Waals surface area contributed by atoms with E-state index in [0.717, 1.165) is 11.4 Å². The average Bonchev–Trinajstić information content (AvgIpc) is 2.34. The van der Waals surface area contributed by atoms with E-state index in [1.165, 1.54) is 43.2 Å². The molecule has 0 spiro atoms. The number of rotatable bonds is 3. The molecular weight excluding hydrogens is 244 g/mol. The first-order valence-corrected chi connectivity index (χ1v) is 7.09. The standard InChI is InChI=1S/C15H21ClN2/c16-14-10-8-13(9-11-14)15(18-17)12-6-4-2-1-3-5-7-12/h6,8-11,15,18H,1-5,7,17H2/b12-6+. The summed E-state index contributed by atoms with van der Waals surface area (Å²) in [5.74, 6) is 5.74. The maximum atomic E-state index is 5.93. The lowest BCUT2D eigenvalue weighted by molar-refractivity contribution is 0.555. The highest BCUT2D eigenvalue weighted by atomic mass is 35.5. The molecular formula is C15H21ClN2. The van der Waals surface area contributed by atoms with Gasteiger partial charge in [0, 0.05) is 5.02 Å². The fourth-order valence-electron chi connectivity index (χ4n) is 2.55. The van der Waals surface area contributed by atoms with Crippen molar-refractivity contribution >= 4 is 11.6 Å². The lowest BCUT2D eigenvalue weighted by Crippen LogP contribution is -2.29. The molecule has 0 bridgehead atoms. The van der Waals surface area contributed by atoms with Crippen molar-refractivity contribution in [2.45, 2.75) is 44.6 Å². The molecule has 1 atom stereocenters. The number of nitrogens with one attached hydrogen (secondary N) is 1. The number of hydrogen-bond acceptors (Lipinski definition) is 2. The molecule has 3 heteroatoms. The first kappa shape index (κ1) is 13.6. The van der Waals surface area contributed by atoms with Gasteiger partial charge in [-0.1, -0.05) is 48.2 Å². The van der Waals surface area contributed by atoms with Crippen LogP contribution in [-0.2, 0) is 0 Å². The van der Waals surface area contributed by atoms with Gasteiger partial charge in [-0.3, -0.25) is 5.84 Å². The van der Waals surface area contributed by atoms with Crippen LogP contribution in [0.1, 0.15) is 50.1 Å². The number of allylic oxidation sites excluding steroid dienone is 1. The third-order valence-electron chi connectivity index (χ3n) is 3.57. The minimum absolute atomic E-state index is 0.125. The second kappa shape index (κ2) is 6.93. The Morgan fingerprint density at radius 3 is 2.50 bits per heavy atom. The van der Waals surface area contributed by atoms with Crippen LogP contribution < -0.4 is 11.3 Å². The van der Waals surface area contributed by atoms with E-state index in [1.54, 1.807) is 0 Å². The van der Waals surface area contributed by atoms with Crippen molar-refractivity contribution in [1.82, 2.24) is 5.43 Å². The maximum absolute atomic E-state index is 5.93. The summed E-state index contributed by atoms with van der Waals surface area (Å²) in [4.78, 5) is 0. The zero-order valence-electron chi connectivity index (χ0n) is 10.7. The lowest BCUT2D eigenvalue weighted by Gasteiger charge is -2.22. The second-order valence-electron chi connectivity index (χ2n) is 4.88. The van der Waals surface area contributed by atoms with E-state index in [1.807, 2.05) is 24.3 Å². The minimum Gasteiger partial charge on any atom is -0.271 e. The van der Waals surface area contributed by atoms with E-state index in [9.17, 15) is 0 Å². The highest BCUT2D eigenvalue weighted by Crippen LogP contribution is 2.28. The van der Waals surface area contributed by atoms with Crippen LogP contribution in [0.15, 0.2) is 35.9 Å². The summed E-state index contributed by atoms with van der Waals surface area (Å²) < 4.78 is 0. The fourth-order valence-corrected chi connectivity index (χ4v) is 2.68.